The lowest BCUT2D eigenvalue weighted by molar-refractivity contribution is -0.128. The van der Waals surface area contributed by atoms with Crippen LogP contribution in [-0.2, 0) is 14.3 Å². The predicted octanol–water partition coefficient (Wildman–Crippen LogP) is 0.0001000. The third-order valence-electron chi connectivity index (χ3n) is 1.58. The number of ether oxygens (including phenoxy) is 2. The Morgan fingerprint density at radius 3 is 3.08 bits per heavy atom. The van der Waals surface area contributed by atoms with E-state index >= 15 is 0 Å². The molecule has 1 saturated heterocycles. The Labute approximate surface area is 70.2 Å². The van der Waals surface area contributed by atoms with Gasteiger partial charge in [-0.05, 0) is 6.92 Å². The summed E-state index contributed by atoms with van der Waals surface area (Å²) in [5.41, 5.74) is 0. The Balaban J connectivity index is 2.23. The summed E-state index contributed by atoms with van der Waals surface area (Å²) in [6, 6.07) is 0. The molecule has 1 aliphatic rings. The van der Waals surface area contributed by atoms with Crippen LogP contribution in [0.1, 0.15) is 6.92 Å². The van der Waals surface area contributed by atoms with Crippen LogP contribution in [0.2, 0.25) is 0 Å². The van der Waals surface area contributed by atoms with Crippen LogP contribution in [0.5, 0.6) is 0 Å². The van der Waals surface area contributed by atoms with Gasteiger partial charge in [-0.1, -0.05) is 0 Å². The smallest absolute Gasteiger partial charge is 0.410 e. The first-order valence-corrected chi connectivity index (χ1v) is 3.75. The maximum atomic E-state index is 10.9. The lowest BCUT2D eigenvalue weighted by Crippen LogP contribution is -2.28. The Kier molecular flexibility index (Phi) is 2.90. The van der Waals surface area contributed by atoms with Gasteiger partial charge in [-0.2, -0.15) is 0 Å². The van der Waals surface area contributed by atoms with E-state index in [-0.39, 0.29) is 18.8 Å². The third-order valence-corrected chi connectivity index (χ3v) is 1.58. The van der Waals surface area contributed by atoms with E-state index in [0.717, 1.165) is 0 Å². The molecule has 0 spiro atoms. The number of amides is 1. The van der Waals surface area contributed by atoms with Crippen molar-refractivity contribution < 1.29 is 19.1 Å². The summed E-state index contributed by atoms with van der Waals surface area (Å²) in [7, 11) is 0. The summed E-state index contributed by atoms with van der Waals surface area (Å²) < 4.78 is 9.30. The van der Waals surface area contributed by atoms with E-state index in [9.17, 15) is 9.59 Å². The molecule has 0 N–H and O–H groups in total. The van der Waals surface area contributed by atoms with Gasteiger partial charge in [0.1, 0.15) is 12.7 Å². The van der Waals surface area contributed by atoms with E-state index in [1.54, 1.807) is 0 Å². The molecule has 68 valence electrons. The highest BCUT2D eigenvalue weighted by Crippen LogP contribution is 2.09. The molecule has 1 rings (SSSR count). The second-order valence-electron chi connectivity index (χ2n) is 2.61. The van der Waals surface area contributed by atoms with Crippen molar-refractivity contribution in [2.24, 2.45) is 0 Å². The quantitative estimate of drug-likeness (QED) is 0.443. The maximum absolute atomic E-state index is 10.9. The normalized spacial score (nSPS) is 22.2. The fraction of sp³-hybridized carbons (Fsp3) is 0.714. The summed E-state index contributed by atoms with van der Waals surface area (Å²) in [5, 5.41) is 0. The topological polar surface area (TPSA) is 55.8 Å². The number of cyclic esters (lactones) is 1. The van der Waals surface area contributed by atoms with Crippen molar-refractivity contribution in [3.63, 3.8) is 0 Å². The van der Waals surface area contributed by atoms with Gasteiger partial charge >= 0.3 is 6.09 Å². The van der Waals surface area contributed by atoms with E-state index in [1.807, 2.05) is 6.92 Å². The van der Waals surface area contributed by atoms with Gasteiger partial charge in [0.25, 0.3) is 6.47 Å². The van der Waals surface area contributed by atoms with Crippen molar-refractivity contribution in [2.45, 2.75) is 13.0 Å². The number of nitrogens with zero attached hydrogens (tertiary/aromatic N) is 1. The van der Waals surface area contributed by atoms with Crippen LogP contribution in [0.4, 0.5) is 4.79 Å². The van der Waals surface area contributed by atoms with Gasteiger partial charge in [0.2, 0.25) is 0 Å². The molecular formula is C7H11NO4. The molecule has 5 heteroatoms. The SMILES string of the molecule is CC1CN(CCOC=O)C(=O)O1. The lowest BCUT2D eigenvalue weighted by Gasteiger charge is -2.10. The van der Waals surface area contributed by atoms with Crippen molar-refractivity contribution in [2.75, 3.05) is 19.7 Å². The zero-order valence-corrected chi connectivity index (χ0v) is 6.86. The second-order valence-corrected chi connectivity index (χ2v) is 2.61. The van der Waals surface area contributed by atoms with Gasteiger partial charge in [0, 0.05) is 0 Å². The Bertz CT molecular complexity index is 182. The zero-order valence-electron chi connectivity index (χ0n) is 6.86. The number of hydrogen-bond acceptors (Lipinski definition) is 4. The average molecular weight is 173 g/mol. The maximum Gasteiger partial charge on any atom is 0.410 e. The molecule has 0 aromatic carbocycles. The average Bonchev–Trinajstić information content (AvgIpc) is 2.31. The first-order valence-electron chi connectivity index (χ1n) is 3.75. The van der Waals surface area contributed by atoms with E-state index in [4.69, 9.17) is 4.74 Å². The molecule has 1 atom stereocenters. The van der Waals surface area contributed by atoms with Crippen LogP contribution in [0.15, 0.2) is 0 Å². The van der Waals surface area contributed by atoms with Gasteiger partial charge < -0.3 is 14.4 Å². The van der Waals surface area contributed by atoms with Crippen molar-refractivity contribution in [3.05, 3.63) is 0 Å². The van der Waals surface area contributed by atoms with Crippen molar-refractivity contribution in [1.82, 2.24) is 4.90 Å². The lowest BCUT2D eigenvalue weighted by atomic mass is 10.4. The van der Waals surface area contributed by atoms with Crippen molar-refractivity contribution >= 4 is 12.6 Å². The molecule has 12 heavy (non-hydrogen) atoms. The molecule has 1 unspecified atom stereocenters. The Hall–Kier alpha value is -1.26. The van der Waals surface area contributed by atoms with Gasteiger partial charge in [0.05, 0.1) is 13.1 Å². The van der Waals surface area contributed by atoms with Gasteiger partial charge in [0.15, 0.2) is 0 Å². The minimum absolute atomic E-state index is 0.0614. The molecule has 1 heterocycles. The monoisotopic (exact) mass is 173 g/mol. The first kappa shape index (κ1) is 8.83. The van der Waals surface area contributed by atoms with Crippen molar-refractivity contribution in [1.29, 1.82) is 0 Å². The summed E-state index contributed by atoms with van der Waals surface area (Å²) in [6.45, 7) is 3.39. The van der Waals surface area contributed by atoms with Crippen LogP contribution < -0.4 is 0 Å². The summed E-state index contributed by atoms with van der Waals surface area (Å²) in [6.07, 6.45) is -0.397. The number of carbonyl (C=O) groups is 2. The van der Waals surface area contributed by atoms with E-state index < -0.39 is 0 Å². The number of rotatable bonds is 4. The summed E-state index contributed by atoms with van der Waals surface area (Å²) in [5.74, 6) is 0. The largest absolute Gasteiger partial charge is 0.466 e. The van der Waals surface area contributed by atoms with E-state index in [0.29, 0.717) is 19.6 Å². The highest BCUT2D eigenvalue weighted by molar-refractivity contribution is 5.69. The van der Waals surface area contributed by atoms with Crippen LogP contribution in [-0.4, -0.2) is 43.3 Å². The Morgan fingerprint density at radius 2 is 2.58 bits per heavy atom. The molecule has 0 aromatic heterocycles. The predicted molar refractivity (Wildman–Crippen MR) is 39.5 cm³/mol. The minimum atomic E-state index is -0.336. The molecule has 0 aliphatic carbocycles. The molecule has 5 nitrogen and oxygen atoms in total. The van der Waals surface area contributed by atoms with Gasteiger partial charge in [-0.25, -0.2) is 4.79 Å². The molecule has 0 saturated carbocycles. The molecule has 1 aliphatic heterocycles. The van der Waals surface area contributed by atoms with Crippen molar-refractivity contribution in [3.8, 4) is 0 Å². The number of hydrogen-bond donors (Lipinski definition) is 0. The van der Waals surface area contributed by atoms with Crippen LogP contribution in [0, 0.1) is 0 Å². The molecule has 1 amide bonds. The van der Waals surface area contributed by atoms with E-state index in [2.05, 4.69) is 4.74 Å². The highest BCUT2D eigenvalue weighted by Gasteiger charge is 2.27. The fourth-order valence-corrected chi connectivity index (χ4v) is 1.06. The fourth-order valence-electron chi connectivity index (χ4n) is 1.06. The Morgan fingerprint density at radius 1 is 1.83 bits per heavy atom. The van der Waals surface area contributed by atoms with Crippen LogP contribution >= 0.6 is 0 Å². The standard InChI is InChI=1S/C7H11NO4/c1-6-4-8(7(10)12-6)2-3-11-5-9/h5-6H,2-4H2,1H3. The van der Waals surface area contributed by atoms with E-state index in [1.165, 1.54) is 4.90 Å². The number of carbonyl (C=O) groups excluding carboxylic acids is 2. The van der Waals surface area contributed by atoms with Crippen LogP contribution in [0.3, 0.4) is 0 Å². The van der Waals surface area contributed by atoms with Gasteiger partial charge in [-0.15, -0.1) is 0 Å². The third kappa shape index (κ3) is 2.11. The highest BCUT2D eigenvalue weighted by atomic mass is 16.6. The van der Waals surface area contributed by atoms with Gasteiger partial charge in [-0.3, -0.25) is 4.79 Å². The minimum Gasteiger partial charge on any atom is -0.466 e. The molecule has 0 aromatic rings. The summed E-state index contributed by atoms with van der Waals surface area (Å²) in [4.78, 5) is 22.2. The molecule has 1 fully saturated rings. The first-order chi connectivity index (χ1) is 5.74. The molecule has 0 radical (unpaired) electrons. The second kappa shape index (κ2) is 3.94. The van der Waals surface area contributed by atoms with Crippen LogP contribution in [0.25, 0.3) is 0 Å². The zero-order chi connectivity index (χ0) is 8.97. The summed E-state index contributed by atoms with van der Waals surface area (Å²) >= 11 is 0. The molecular weight excluding hydrogens is 162 g/mol. The molecule has 0 bridgehead atoms.